The van der Waals surface area contributed by atoms with Crippen LogP contribution in [0, 0.1) is 11.0 Å². The number of hydrogen-bond donors (Lipinski definition) is 3. The zero-order chi connectivity index (χ0) is 27.0. The van der Waals surface area contributed by atoms with Crippen LogP contribution in [0.5, 0.6) is 0 Å². The quantitative estimate of drug-likeness (QED) is 0.393. The van der Waals surface area contributed by atoms with Crippen LogP contribution in [0.4, 0.5) is 30.7 Å². The molecule has 13 heteroatoms. The lowest BCUT2D eigenvalue weighted by Crippen LogP contribution is -3.09. The average Bonchev–Trinajstić information content (AvgIpc) is 2.84. The first-order chi connectivity index (χ1) is 17.4. The summed E-state index contributed by atoms with van der Waals surface area (Å²) in [4.78, 5) is 0. The number of quaternary nitrogens is 1. The average molecular weight is 550 g/mol. The van der Waals surface area contributed by atoms with Gasteiger partial charge in [-0.05, 0) is 54.3 Å². The van der Waals surface area contributed by atoms with E-state index in [1.807, 2.05) is 0 Å². The van der Waals surface area contributed by atoms with Crippen molar-refractivity contribution in [2.24, 2.45) is 0 Å². The number of halogens is 7. The number of hydroxylamine groups is 2. The molecular formula is C24H22F7N3O2S. The van der Waals surface area contributed by atoms with Crippen LogP contribution in [0.3, 0.4) is 0 Å². The van der Waals surface area contributed by atoms with Gasteiger partial charge in [0, 0.05) is 24.6 Å². The number of alkyl halides is 6. The van der Waals surface area contributed by atoms with Crippen LogP contribution < -0.4 is 15.7 Å². The van der Waals surface area contributed by atoms with E-state index in [2.05, 4.69) is 10.6 Å². The minimum atomic E-state index is -5.02. The lowest BCUT2D eigenvalue weighted by Gasteiger charge is -2.39. The summed E-state index contributed by atoms with van der Waals surface area (Å²) in [6, 6.07) is 5.22. The van der Waals surface area contributed by atoms with E-state index in [1.54, 1.807) is 6.26 Å². The van der Waals surface area contributed by atoms with Gasteiger partial charge in [0.05, 0.1) is 23.4 Å². The molecule has 0 saturated heterocycles. The second-order valence-corrected chi connectivity index (χ2v) is 9.41. The Hall–Kier alpha value is -2.74. The van der Waals surface area contributed by atoms with Gasteiger partial charge in [0.15, 0.2) is 11.3 Å². The van der Waals surface area contributed by atoms with Gasteiger partial charge in [-0.15, -0.1) is 11.8 Å². The van der Waals surface area contributed by atoms with Crippen molar-refractivity contribution in [3.05, 3.63) is 93.3 Å². The topological polar surface area (TPSA) is 60.8 Å². The van der Waals surface area contributed by atoms with Crippen molar-refractivity contribution in [3.8, 4) is 0 Å². The Morgan fingerprint density at radius 2 is 1.65 bits per heavy atom. The molecule has 0 bridgehead atoms. The Morgan fingerprint density at radius 3 is 2.22 bits per heavy atom. The molecule has 0 spiro atoms. The third-order valence-electron chi connectivity index (χ3n) is 6.00. The molecule has 0 aromatic heterocycles. The first-order valence-corrected chi connectivity index (χ1v) is 12.3. The Balaban J connectivity index is 1.83. The zero-order valence-corrected chi connectivity index (χ0v) is 20.1. The van der Waals surface area contributed by atoms with Gasteiger partial charge < -0.3 is 20.3 Å². The van der Waals surface area contributed by atoms with E-state index < -0.39 is 52.3 Å². The van der Waals surface area contributed by atoms with E-state index in [0.29, 0.717) is 23.3 Å². The molecule has 0 radical (unpaired) electrons. The number of rotatable bonds is 4. The van der Waals surface area contributed by atoms with Crippen LogP contribution in [0.1, 0.15) is 22.3 Å². The number of ether oxygens (including phenoxy) is 1. The lowest BCUT2D eigenvalue weighted by atomic mass is 9.93. The molecule has 0 amide bonds. The minimum absolute atomic E-state index is 0.0495. The molecule has 2 aromatic rings. The zero-order valence-electron chi connectivity index (χ0n) is 19.3. The third-order valence-corrected chi connectivity index (χ3v) is 6.69. The maximum Gasteiger partial charge on any atom is 0.416 e. The van der Waals surface area contributed by atoms with Gasteiger partial charge in [-0.3, -0.25) is 5.32 Å². The monoisotopic (exact) mass is 549 g/mol. The summed E-state index contributed by atoms with van der Waals surface area (Å²) in [5.74, 6) is -0.292. The van der Waals surface area contributed by atoms with E-state index >= 15 is 0 Å². The summed E-state index contributed by atoms with van der Waals surface area (Å²) >= 11 is 1.27. The molecule has 0 fully saturated rings. The molecule has 4 rings (SSSR count). The fourth-order valence-corrected chi connectivity index (χ4v) is 4.68. The van der Waals surface area contributed by atoms with Crippen molar-refractivity contribution in [3.63, 3.8) is 0 Å². The van der Waals surface area contributed by atoms with E-state index in [1.165, 1.54) is 30.0 Å². The fraction of sp³-hybridized carbons (Fsp3) is 0.333. The number of nitrogens with one attached hydrogen (secondary N) is 3. The van der Waals surface area contributed by atoms with Gasteiger partial charge in [0.25, 0.3) is 0 Å². The molecular weight excluding hydrogens is 527 g/mol. The van der Waals surface area contributed by atoms with Crippen molar-refractivity contribution in [2.75, 3.05) is 19.5 Å². The molecule has 0 saturated carbocycles. The van der Waals surface area contributed by atoms with Crippen molar-refractivity contribution >= 4 is 17.5 Å². The summed E-state index contributed by atoms with van der Waals surface area (Å²) in [6.07, 6.45) is -7.22. The summed E-state index contributed by atoms with van der Waals surface area (Å²) < 4.78 is 100. The first kappa shape index (κ1) is 27.3. The van der Waals surface area contributed by atoms with Gasteiger partial charge in [-0.2, -0.15) is 26.3 Å². The molecule has 2 aromatic carbocycles. The van der Waals surface area contributed by atoms with Crippen LogP contribution in [-0.2, 0) is 23.5 Å². The Bertz CT molecular complexity index is 1160. The van der Waals surface area contributed by atoms with Crippen LogP contribution in [0.25, 0.3) is 5.70 Å². The maximum atomic E-state index is 13.9. The normalized spacial score (nSPS) is 24.2. The van der Waals surface area contributed by atoms with Crippen LogP contribution in [0.15, 0.2) is 60.0 Å². The van der Waals surface area contributed by atoms with Crippen LogP contribution in [0.2, 0.25) is 0 Å². The molecule has 2 heterocycles. The van der Waals surface area contributed by atoms with Crippen LogP contribution in [-0.4, -0.2) is 30.9 Å². The molecule has 200 valence electrons. The van der Waals surface area contributed by atoms with E-state index in [9.17, 15) is 35.9 Å². The van der Waals surface area contributed by atoms with E-state index in [4.69, 9.17) is 4.74 Å². The Kier molecular flexibility index (Phi) is 7.79. The third kappa shape index (κ3) is 6.22. The summed E-state index contributed by atoms with van der Waals surface area (Å²) in [5.41, 5.74) is -3.02. The van der Waals surface area contributed by atoms with Crippen molar-refractivity contribution in [1.29, 1.82) is 0 Å². The smallest absolute Gasteiger partial charge is 0.416 e. The molecule has 3 unspecified atom stereocenters. The molecule has 0 aliphatic carbocycles. The largest absolute Gasteiger partial charge is 0.628 e. The van der Waals surface area contributed by atoms with Crippen molar-refractivity contribution in [2.45, 2.75) is 30.3 Å². The molecule has 3 N–H and O–H groups in total. The van der Waals surface area contributed by atoms with Gasteiger partial charge >= 0.3 is 12.4 Å². The summed E-state index contributed by atoms with van der Waals surface area (Å²) in [5, 5.41) is 19.3. The van der Waals surface area contributed by atoms with E-state index in [-0.39, 0.29) is 36.4 Å². The van der Waals surface area contributed by atoms with Gasteiger partial charge in [0.2, 0.25) is 0 Å². The lowest BCUT2D eigenvalue weighted by molar-refractivity contribution is -0.793. The van der Waals surface area contributed by atoms with E-state index in [0.717, 1.165) is 12.1 Å². The predicted molar refractivity (Wildman–Crippen MR) is 124 cm³/mol. The van der Waals surface area contributed by atoms with Gasteiger partial charge in [-0.1, -0.05) is 0 Å². The minimum Gasteiger partial charge on any atom is -0.628 e. The highest BCUT2D eigenvalue weighted by atomic mass is 32.2. The second-order valence-electron chi connectivity index (χ2n) is 8.48. The predicted octanol–water partition coefficient (Wildman–Crippen LogP) is 4.28. The molecule has 2 aliphatic rings. The van der Waals surface area contributed by atoms with Crippen molar-refractivity contribution < 1.29 is 40.5 Å². The molecule has 5 nitrogen and oxygen atoms in total. The highest BCUT2D eigenvalue weighted by Crippen LogP contribution is 2.37. The highest BCUT2D eigenvalue weighted by Gasteiger charge is 2.39. The first-order valence-electron chi connectivity index (χ1n) is 11.0. The fourth-order valence-electron chi connectivity index (χ4n) is 4.22. The molecule has 2 aliphatic heterocycles. The Morgan fingerprint density at radius 1 is 1.03 bits per heavy atom. The van der Waals surface area contributed by atoms with Gasteiger partial charge in [-0.25, -0.2) is 4.39 Å². The Labute approximate surface area is 211 Å². The number of hydrogen-bond acceptors (Lipinski definition) is 5. The second kappa shape index (κ2) is 10.6. The maximum absolute atomic E-state index is 13.9. The van der Waals surface area contributed by atoms with Crippen LogP contribution >= 0.6 is 11.8 Å². The summed E-state index contributed by atoms with van der Waals surface area (Å²) in [6.45, 7) is 0.415. The molecule has 37 heavy (non-hydrogen) atoms. The number of benzene rings is 2. The summed E-state index contributed by atoms with van der Waals surface area (Å²) in [7, 11) is 0. The molecule has 3 atom stereocenters. The SMILES string of the molecule is CSC1/C=C(/c2ccc(F)cc2)[NH+]([O-])C(Cc2cc(C(F)(F)F)cc(C(F)(F)F)c2)C2=C(NCNC2)O1. The standard InChI is InChI=1S/C24H22F7N3O2S/c1-37-21-10-19(14-2-4-17(25)5-3-14)34(35)20(18-11-32-12-33-22(18)36-21)8-13-6-15(23(26,27)28)9-16(7-13)24(29,30)31/h2-7,9-10,20-21,32-34H,8,11-12H2,1H3/b19-10-. The van der Waals surface area contributed by atoms with Crippen molar-refractivity contribution in [1.82, 2.24) is 10.6 Å². The van der Waals surface area contributed by atoms with Gasteiger partial charge in [0.1, 0.15) is 17.6 Å². The highest BCUT2D eigenvalue weighted by molar-refractivity contribution is 7.99. The number of thioether (sulfide) groups is 1.